The molecule has 6 heteroatoms. The van der Waals surface area contributed by atoms with Crippen LogP contribution in [-0.2, 0) is 19.7 Å². The highest BCUT2D eigenvalue weighted by Gasteiger charge is 2.12. The number of hydrogen-bond donors (Lipinski definition) is 1. The number of halogens is 2. The molecule has 0 spiro atoms. The van der Waals surface area contributed by atoms with E-state index in [-0.39, 0.29) is 12.4 Å². The molecule has 4 rings (SSSR count). The van der Waals surface area contributed by atoms with Crippen LogP contribution in [-0.4, -0.2) is 6.79 Å². The molecular formula is C22H21Cl2NO3. The molecule has 0 aliphatic carbocycles. The lowest BCUT2D eigenvalue weighted by molar-refractivity contribution is 0.174. The lowest BCUT2D eigenvalue weighted by Crippen LogP contribution is -2.12. The van der Waals surface area contributed by atoms with E-state index in [1.54, 1.807) is 0 Å². The van der Waals surface area contributed by atoms with Gasteiger partial charge in [-0.05, 0) is 53.1 Å². The first kappa shape index (κ1) is 20.3. The molecule has 3 aromatic carbocycles. The van der Waals surface area contributed by atoms with Gasteiger partial charge in [-0.3, -0.25) is 0 Å². The van der Waals surface area contributed by atoms with Crippen molar-refractivity contribution in [1.29, 1.82) is 0 Å². The van der Waals surface area contributed by atoms with Crippen molar-refractivity contribution in [2.45, 2.75) is 19.7 Å². The molecule has 1 aliphatic rings. The van der Waals surface area contributed by atoms with Gasteiger partial charge in [0.25, 0.3) is 0 Å². The van der Waals surface area contributed by atoms with Gasteiger partial charge < -0.3 is 19.5 Å². The van der Waals surface area contributed by atoms with E-state index >= 15 is 0 Å². The van der Waals surface area contributed by atoms with Crippen LogP contribution in [0, 0.1) is 0 Å². The fourth-order valence-electron chi connectivity index (χ4n) is 2.89. The summed E-state index contributed by atoms with van der Waals surface area (Å²) in [4.78, 5) is 0. The monoisotopic (exact) mass is 417 g/mol. The summed E-state index contributed by atoms with van der Waals surface area (Å²) in [6.07, 6.45) is 0. The van der Waals surface area contributed by atoms with E-state index in [0.717, 1.165) is 46.5 Å². The molecule has 0 saturated heterocycles. The first-order valence-corrected chi connectivity index (χ1v) is 9.19. The Bertz CT molecular complexity index is 916. The molecule has 146 valence electrons. The van der Waals surface area contributed by atoms with Crippen LogP contribution in [0.1, 0.15) is 16.7 Å². The molecule has 1 N–H and O–H groups in total. The fourth-order valence-corrected chi connectivity index (χ4v) is 3.02. The van der Waals surface area contributed by atoms with Crippen molar-refractivity contribution in [2.24, 2.45) is 0 Å². The van der Waals surface area contributed by atoms with Crippen molar-refractivity contribution in [1.82, 2.24) is 5.32 Å². The van der Waals surface area contributed by atoms with Crippen LogP contribution in [0.15, 0.2) is 66.7 Å². The van der Waals surface area contributed by atoms with Gasteiger partial charge in [-0.1, -0.05) is 41.9 Å². The molecule has 0 fully saturated rings. The second-order valence-electron chi connectivity index (χ2n) is 6.35. The normalized spacial score (nSPS) is 11.8. The molecule has 0 bridgehead atoms. The van der Waals surface area contributed by atoms with Gasteiger partial charge in [0.1, 0.15) is 12.4 Å². The van der Waals surface area contributed by atoms with Crippen molar-refractivity contribution >= 4 is 24.0 Å². The summed E-state index contributed by atoms with van der Waals surface area (Å²) in [5.41, 5.74) is 3.42. The Hall–Kier alpha value is -2.40. The number of hydrogen-bond acceptors (Lipinski definition) is 4. The predicted molar refractivity (Wildman–Crippen MR) is 113 cm³/mol. The summed E-state index contributed by atoms with van der Waals surface area (Å²) in [6.45, 7) is 2.33. The summed E-state index contributed by atoms with van der Waals surface area (Å²) in [5, 5.41) is 4.18. The quantitative estimate of drug-likeness (QED) is 0.561. The fraction of sp³-hybridized carbons (Fsp3) is 0.182. The van der Waals surface area contributed by atoms with Gasteiger partial charge in [0.2, 0.25) is 6.79 Å². The zero-order valence-electron chi connectivity index (χ0n) is 15.2. The number of rotatable bonds is 7. The van der Waals surface area contributed by atoms with E-state index < -0.39 is 0 Å². The summed E-state index contributed by atoms with van der Waals surface area (Å²) in [6, 6.07) is 21.8. The summed E-state index contributed by atoms with van der Waals surface area (Å²) < 4.78 is 16.6. The van der Waals surface area contributed by atoms with Crippen LogP contribution < -0.4 is 19.5 Å². The average molecular weight is 418 g/mol. The van der Waals surface area contributed by atoms with Gasteiger partial charge in [0.15, 0.2) is 11.5 Å². The molecule has 4 nitrogen and oxygen atoms in total. The van der Waals surface area contributed by atoms with Gasteiger partial charge in [-0.15, -0.1) is 12.4 Å². The Morgan fingerprint density at radius 2 is 1.54 bits per heavy atom. The van der Waals surface area contributed by atoms with Gasteiger partial charge in [-0.2, -0.15) is 0 Å². The Morgan fingerprint density at radius 1 is 0.821 bits per heavy atom. The zero-order chi connectivity index (χ0) is 18.5. The van der Waals surface area contributed by atoms with Crippen molar-refractivity contribution in [3.63, 3.8) is 0 Å². The maximum absolute atomic E-state index is 5.91. The SMILES string of the molecule is Cl.Clc1ccc(COc2cccc(CNCc3ccc4c(c3)OCO4)c2)cc1. The number of ether oxygens (including phenoxy) is 3. The largest absolute Gasteiger partial charge is 0.489 e. The standard InChI is InChI=1S/C22H20ClNO3.ClH/c23-19-7-4-16(5-8-19)14-25-20-3-1-2-17(10-20)12-24-13-18-6-9-21-22(11-18)27-15-26-21;/h1-11,24H,12-15H2;1H. The molecule has 0 amide bonds. The minimum atomic E-state index is 0. The van der Waals surface area contributed by atoms with Gasteiger partial charge >= 0.3 is 0 Å². The Kier molecular flexibility index (Phi) is 7.04. The molecule has 0 saturated carbocycles. The molecule has 3 aromatic rings. The highest BCUT2D eigenvalue weighted by molar-refractivity contribution is 6.30. The number of nitrogens with one attached hydrogen (secondary N) is 1. The lowest BCUT2D eigenvalue weighted by Gasteiger charge is -2.10. The van der Waals surface area contributed by atoms with Crippen molar-refractivity contribution in [2.75, 3.05) is 6.79 Å². The van der Waals surface area contributed by atoms with Crippen LogP contribution in [0.25, 0.3) is 0 Å². The molecule has 0 radical (unpaired) electrons. The van der Waals surface area contributed by atoms with E-state index in [2.05, 4.69) is 17.4 Å². The van der Waals surface area contributed by atoms with Crippen molar-refractivity contribution in [3.05, 3.63) is 88.4 Å². The molecular weight excluding hydrogens is 397 g/mol. The maximum atomic E-state index is 5.91. The first-order chi connectivity index (χ1) is 13.3. The first-order valence-electron chi connectivity index (χ1n) is 8.82. The molecule has 0 aromatic heterocycles. The molecule has 1 heterocycles. The lowest BCUT2D eigenvalue weighted by atomic mass is 10.2. The maximum Gasteiger partial charge on any atom is 0.231 e. The third-order valence-electron chi connectivity index (χ3n) is 4.31. The predicted octanol–water partition coefficient (Wildman–Crippen LogP) is 5.36. The summed E-state index contributed by atoms with van der Waals surface area (Å²) >= 11 is 5.91. The van der Waals surface area contributed by atoms with E-state index in [0.29, 0.717) is 13.4 Å². The second-order valence-corrected chi connectivity index (χ2v) is 6.79. The van der Waals surface area contributed by atoms with E-state index in [1.807, 2.05) is 54.6 Å². The van der Waals surface area contributed by atoms with Crippen LogP contribution in [0.5, 0.6) is 17.2 Å². The Labute approximate surface area is 175 Å². The highest BCUT2D eigenvalue weighted by atomic mass is 35.5. The van der Waals surface area contributed by atoms with Crippen LogP contribution in [0.4, 0.5) is 0 Å². The smallest absolute Gasteiger partial charge is 0.231 e. The van der Waals surface area contributed by atoms with E-state index in [9.17, 15) is 0 Å². The van der Waals surface area contributed by atoms with Gasteiger partial charge in [0.05, 0.1) is 0 Å². The Morgan fingerprint density at radius 3 is 2.36 bits per heavy atom. The number of benzene rings is 3. The molecule has 0 unspecified atom stereocenters. The van der Waals surface area contributed by atoms with Crippen LogP contribution in [0.3, 0.4) is 0 Å². The molecule has 0 atom stereocenters. The topological polar surface area (TPSA) is 39.7 Å². The number of fused-ring (bicyclic) bond motifs is 1. The zero-order valence-corrected chi connectivity index (χ0v) is 16.8. The highest BCUT2D eigenvalue weighted by Crippen LogP contribution is 2.32. The third kappa shape index (κ3) is 5.32. The third-order valence-corrected chi connectivity index (χ3v) is 4.56. The van der Waals surface area contributed by atoms with Gasteiger partial charge in [0, 0.05) is 18.1 Å². The van der Waals surface area contributed by atoms with E-state index in [1.165, 1.54) is 5.56 Å². The second kappa shape index (κ2) is 9.69. The van der Waals surface area contributed by atoms with Crippen molar-refractivity contribution in [3.8, 4) is 17.2 Å². The minimum absolute atomic E-state index is 0. The molecule has 1 aliphatic heterocycles. The van der Waals surface area contributed by atoms with Gasteiger partial charge in [-0.25, -0.2) is 0 Å². The minimum Gasteiger partial charge on any atom is -0.489 e. The van der Waals surface area contributed by atoms with Crippen LogP contribution >= 0.6 is 24.0 Å². The Balaban J connectivity index is 0.00000225. The summed E-state index contributed by atoms with van der Waals surface area (Å²) in [5.74, 6) is 2.48. The summed E-state index contributed by atoms with van der Waals surface area (Å²) in [7, 11) is 0. The van der Waals surface area contributed by atoms with Crippen molar-refractivity contribution < 1.29 is 14.2 Å². The van der Waals surface area contributed by atoms with E-state index in [4.69, 9.17) is 25.8 Å². The van der Waals surface area contributed by atoms with Crippen LogP contribution in [0.2, 0.25) is 5.02 Å². The average Bonchev–Trinajstić information content (AvgIpc) is 3.16. The molecule has 28 heavy (non-hydrogen) atoms.